The molecule has 4 rings (SSSR count). The number of nitriles is 1. The molecule has 2 heterocycles. The second-order valence-electron chi connectivity index (χ2n) is 8.66. The van der Waals surface area contributed by atoms with Gasteiger partial charge < -0.3 is 9.47 Å². The van der Waals surface area contributed by atoms with Gasteiger partial charge >= 0.3 is 6.18 Å². The number of hydrogen-bond acceptors (Lipinski definition) is 5. The van der Waals surface area contributed by atoms with Gasteiger partial charge in [-0.3, -0.25) is 0 Å². The highest BCUT2D eigenvalue weighted by Gasteiger charge is 2.39. The van der Waals surface area contributed by atoms with E-state index >= 15 is 0 Å². The predicted molar refractivity (Wildman–Crippen MR) is 123 cm³/mol. The summed E-state index contributed by atoms with van der Waals surface area (Å²) in [6.07, 6.45) is -0.0287. The maximum atomic E-state index is 12.8. The highest BCUT2D eigenvalue weighted by Crippen LogP contribution is 2.42. The van der Waals surface area contributed by atoms with E-state index in [1.807, 2.05) is 29.6 Å². The number of halogens is 3. The van der Waals surface area contributed by atoms with Gasteiger partial charge in [0, 0.05) is 25.5 Å². The Bertz CT molecular complexity index is 1370. The minimum Gasteiger partial charge on any atom is -0.376 e. The van der Waals surface area contributed by atoms with E-state index in [2.05, 4.69) is 11.1 Å². The molecule has 0 spiro atoms. The van der Waals surface area contributed by atoms with Gasteiger partial charge in [-0.1, -0.05) is 12.1 Å². The van der Waals surface area contributed by atoms with Crippen molar-refractivity contribution < 1.29 is 21.6 Å². The molecule has 7 nitrogen and oxygen atoms in total. The summed E-state index contributed by atoms with van der Waals surface area (Å²) in [5.74, 6) is 0. The van der Waals surface area contributed by atoms with Crippen molar-refractivity contribution in [2.45, 2.75) is 49.3 Å². The van der Waals surface area contributed by atoms with Gasteiger partial charge in [-0.05, 0) is 49.9 Å². The number of fused-ring (bicyclic) bond motifs is 1. The second-order valence-corrected chi connectivity index (χ2v) is 10.4. The van der Waals surface area contributed by atoms with Crippen LogP contribution in [0.15, 0.2) is 41.4 Å². The molecule has 180 valence electrons. The molecule has 3 aromatic rings. The monoisotopic (exact) mass is 491 g/mol. The lowest BCUT2D eigenvalue weighted by molar-refractivity contribution is -0.147. The van der Waals surface area contributed by atoms with E-state index in [4.69, 9.17) is 0 Å². The third-order valence-corrected chi connectivity index (χ3v) is 7.71. The summed E-state index contributed by atoms with van der Waals surface area (Å²) in [5.41, 5.74) is 3.17. The van der Waals surface area contributed by atoms with Gasteiger partial charge in [0.1, 0.15) is 17.8 Å². The molecule has 11 heteroatoms. The van der Waals surface area contributed by atoms with Crippen LogP contribution in [0.2, 0.25) is 0 Å². The summed E-state index contributed by atoms with van der Waals surface area (Å²) in [6.45, 7) is 0.747. The molecule has 0 radical (unpaired) electrons. The average Bonchev–Trinajstić information content (AvgIpc) is 3.05. The van der Waals surface area contributed by atoms with Gasteiger partial charge in [0.15, 0.2) is 0 Å². The Morgan fingerprint density at radius 1 is 1.24 bits per heavy atom. The number of pyridine rings is 1. The van der Waals surface area contributed by atoms with Crippen molar-refractivity contribution in [3.63, 3.8) is 0 Å². The Hall–Kier alpha value is -3.10. The molecule has 1 aliphatic carbocycles. The SMILES string of the molecule is C[C@H](NS(=O)(=O)c1ccc(-c2c(C#N)c3cc(N(C)C)cnc3n2C2CCC2)cc1)C(F)(F)F. The molecule has 0 bridgehead atoms. The van der Waals surface area contributed by atoms with E-state index < -0.39 is 22.2 Å². The van der Waals surface area contributed by atoms with Gasteiger partial charge in [0.05, 0.1) is 28.0 Å². The molecule has 0 unspecified atom stereocenters. The Morgan fingerprint density at radius 3 is 2.38 bits per heavy atom. The summed E-state index contributed by atoms with van der Waals surface area (Å²) in [5, 5.41) is 10.7. The summed E-state index contributed by atoms with van der Waals surface area (Å²) in [4.78, 5) is 6.23. The lowest BCUT2D eigenvalue weighted by Crippen LogP contribution is -2.42. The van der Waals surface area contributed by atoms with Crippen LogP contribution >= 0.6 is 0 Å². The van der Waals surface area contributed by atoms with Crippen LogP contribution in [0.4, 0.5) is 18.9 Å². The zero-order chi connectivity index (χ0) is 24.8. The van der Waals surface area contributed by atoms with Crippen LogP contribution in [0.1, 0.15) is 37.8 Å². The first-order valence-electron chi connectivity index (χ1n) is 10.7. The zero-order valence-electron chi connectivity index (χ0n) is 18.9. The molecule has 0 saturated heterocycles. The highest BCUT2D eigenvalue weighted by molar-refractivity contribution is 7.89. The minimum atomic E-state index is -4.70. The van der Waals surface area contributed by atoms with Crippen LogP contribution in [-0.2, 0) is 10.0 Å². The molecule has 1 N–H and O–H groups in total. The Labute approximate surface area is 195 Å². The fourth-order valence-corrected chi connectivity index (χ4v) is 5.21. The zero-order valence-corrected chi connectivity index (χ0v) is 19.7. The van der Waals surface area contributed by atoms with E-state index in [1.165, 1.54) is 24.3 Å². The van der Waals surface area contributed by atoms with E-state index in [1.54, 1.807) is 10.9 Å². The first kappa shape index (κ1) is 24.0. The highest BCUT2D eigenvalue weighted by atomic mass is 32.2. The number of aromatic nitrogens is 2. The van der Waals surface area contributed by atoms with Crippen molar-refractivity contribution >= 4 is 26.7 Å². The average molecular weight is 492 g/mol. The Kier molecular flexibility index (Phi) is 6.08. The van der Waals surface area contributed by atoms with Gasteiger partial charge in [0.25, 0.3) is 0 Å². The van der Waals surface area contributed by atoms with Gasteiger partial charge in [-0.2, -0.15) is 23.2 Å². The van der Waals surface area contributed by atoms with E-state index in [0.717, 1.165) is 31.9 Å². The van der Waals surface area contributed by atoms with Crippen LogP contribution in [0.5, 0.6) is 0 Å². The van der Waals surface area contributed by atoms with Crippen LogP contribution < -0.4 is 9.62 Å². The molecule has 0 aliphatic heterocycles. The van der Waals surface area contributed by atoms with Crippen molar-refractivity contribution in [1.82, 2.24) is 14.3 Å². The lowest BCUT2D eigenvalue weighted by atomic mass is 9.92. The number of sulfonamides is 1. The van der Waals surface area contributed by atoms with Crippen molar-refractivity contribution in [2.24, 2.45) is 0 Å². The summed E-state index contributed by atoms with van der Waals surface area (Å²) >= 11 is 0. The number of nitrogens with zero attached hydrogens (tertiary/aromatic N) is 4. The Morgan fingerprint density at radius 2 is 1.88 bits per heavy atom. The summed E-state index contributed by atoms with van der Waals surface area (Å²) in [7, 11) is -0.616. The van der Waals surface area contributed by atoms with Crippen molar-refractivity contribution in [3.8, 4) is 17.3 Å². The summed E-state index contributed by atoms with van der Waals surface area (Å²) in [6, 6.07) is 7.67. The van der Waals surface area contributed by atoms with Gasteiger partial charge in [0.2, 0.25) is 10.0 Å². The second kappa shape index (κ2) is 8.60. The molecule has 1 atom stereocenters. The Balaban J connectivity index is 1.81. The molecule has 1 aromatic carbocycles. The topological polar surface area (TPSA) is 91.0 Å². The molecule has 34 heavy (non-hydrogen) atoms. The van der Waals surface area contributed by atoms with E-state index in [9.17, 15) is 26.9 Å². The van der Waals surface area contributed by atoms with Crippen LogP contribution in [-0.4, -0.2) is 44.3 Å². The predicted octanol–water partition coefficient (Wildman–Crippen LogP) is 4.60. The lowest BCUT2D eigenvalue weighted by Gasteiger charge is -2.29. The number of benzene rings is 1. The first-order chi connectivity index (χ1) is 15.9. The van der Waals surface area contributed by atoms with Crippen LogP contribution in [0.3, 0.4) is 0 Å². The van der Waals surface area contributed by atoms with Crippen LogP contribution in [0, 0.1) is 11.3 Å². The number of rotatable bonds is 6. The standard InChI is InChI=1S/C23H24F3N5O2S/c1-14(23(24,25)26)29-34(32,33)18-9-7-15(8-10-18)21-20(12-27)19-11-17(30(2)3)13-28-22(19)31(21)16-5-4-6-16/h7-11,13-14,16,29H,4-6H2,1-3H3/t14-/m0/s1. The third kappa shape index (κ3) is 4.23. The fourth-order valence-electron chi connectivity index (χ4n) is 3.98. The van der Waals surface area contributed by atoms with Crippen molar-refractivity contribution in [1.29, 1.82) is 5.26 Å². The molecule has 0 amide bonds. The smallest absolute Gasteiger partial charge is 0.376 e. The van der Waals surface area contributed by atoms with E-state index in [0.29, 0.717) is 27.9 Å². The number of nitrogens with one attached hydrogen (secondary N) is 1. The van der Waals surface area contributed by atoms with Gasteiger partial charge in [-0.15, -0.1) is 0 Å². The van der Waals surface area contributed by atoms with E-state index in [-0.39, 0.29) is 10.9 Å². The minimum absolute atomic E-state index is 0.162. The van der Waals surface area contributed by atoms with Crippen molar-refractivity contribution in [3.05, 3.63) is 42.1 Å². The molecule has 1 saturated carbocycles. The maximum absolute atomic E-state index is 12.8. The normalized spacial score (nSPS) is 15.7. The largest absolute Gasteiger partial charge is 0.404 e. The summed E-state index contributed by atoms with van der Waals surface area (Å²) < 4.78 is 67.1. The van der Waals surface area contributed by atoms with Crippen molar-refractivity contribution in [2.75, 3.05) is 19.0 Å². The van der Waals surface area contributed by atoms with Crippen LogP contribution in [0.25, 0.3) is 22.3 Å². The number of hydrogen-bond donors (Lipinski definition) is 1. The van der Waals surface area contributed by atoms with Gasteiger partial charge in [-0.25, -0.2) is 13.4 Å². The first-order valence-corrected chi connectivity index (χ1v) is 12.2. The molecular formula is C23H24F3N5O2S. The fraction of sp³-hybridized carbons (Fsp3) is 0.391. The molecule has 1 fully saturated rings. The molecular weight excluding hydrogens is 467 g/mol. The number of anilines is 1. The molecule has 2 aromatic heterocycles. The molecule has 1 aliphatic rings. The number of alkyl halides is 3. The maximum Gasteiger partial charge on any atom is 0.404 e. The third-order valence-electron chi connectivity index (χ3n) is 6.16. The quantitative estimate of drug-likeness (QED) is 0.545.